The maximum absolute atomic E-state index is 12.9. The van der Waals surface area contributed by atoms with E-state index in [1.165, 1.54) is 4.90 Å². The minimum absolute atomic E-state index is 0.102. The van der Waals surface area contributed by atoms with Gasteiger partial charge in [0.1, 0.15) is 0 Å². The Labute approximate surface area is 164 Å². The van der Waals surface area contributed by atoms with Gasteiger partial charge in [-0.1, -0.05) is 43.7 Å². The third-order valence-electron chi connectivity index (χ3n) is 4.73. The summed E-state index contributed by atoms with van der Waals surface area (Å²) < 4.78 is 0. The molecule has 142 valence electrons. The van der Waals surface area contributed by atoms with Gasteiger partial charge >= 0.3 is 0 Å². The lowest BCUT2D eigenvalue weighted by Crippen LogP contribution is -2.31. The lowest BCUT2D eigenvalue weighted by Gasteiger charge is -2.27. The smallest absolute Gasteiger partial charge is 0.294 e. The van der Waals surface area contributed by atoms with E-state index in [0.29, 0.717) is 11.3 Å². The molecule has 0 fully saturated rings. The zero-order valence-corrected chi connectivity index (χ0v) is 16.1. The molecule has 2 aromatic rings. The summed E-state index contributed by atoms with van der Waals surface area (Å²) in [6.45, 7) is 5.78. The summed E-state index contributed by atoms with van der Waals surface area (Å²) in [7, 11) is 0. The number of hydrogen-bond donors (Lipinski definition) is 1. The van der Waals surface area contributed by atoms with E-state index in [1.54, 1.807) is 24.3 Å². The lowest BCUT2D eigenvalue weighted by molar-refractivity contribution is -0.118. The second kappa shape index (κ2) is 7.69. The number of aryl methyl sites for hydroxylation is 1. The van der Waals surface area contributed by atoms with Crippen LogP contribution in [0.3, 0.4) is 0 Å². The summed E-state index contributed by atoms with van der Waals surface area (Å²) in [6, 6.07) is 15.4. The highest BCUT2D eigenvalue weighted by atomic mass is 16.3. The van der Waals surface area contributed by atoms with Gasteiger partial charge in [0.15, 0.2) is 11.5 Å². The fourth-order valence-electron chi connectivity index (χ4n) is 3.49. The summed E-state index contributed by atoms with van der Waals surface area (Å²) in [5.41, 5.74) is 2.87. The van der Waals surface area contributed by atoms with Crippen LogP contribution in [0.25, 0.3) is 0 Å². The Hall–Kier alpha value is -3.39. The van der Waals surface area contributed by atoms with E-state index in [2.05, 4.69) is 0 Å². The number of Topliss-reactive ketones (excluding diaryl/α,β-unsaturated/α-hetero) is 1. The van der Waals surface area contributed by atoms with Crippen molar-refractivity contribution in [2.75, 3.05) is 4.90 Å². The van der Waals surface area contributed by atoms with Gasteiger partial charge in [0.2, 0.25) is 0 Å². The molecule has 1 atom stereocenters. The zero-order valence-electron chi connectivity index (χ0n) is 16.1. The van der Waals surface area contributed by atoms with Gasteiger partial charge in [0.05, 0.1) is 23.2 Å². The highest BCUT2D eigenvalue weighted by Gasteiger charge is 2.44. The maximum Gasteiger partial charge on any atom is 0.294 e. The van der Waals surface area contributed by atoms with E-state index in [0.717, 1.165) is 11.1 Å². The number of aliphatic hydroxyl groups excluding tert-OH is 1. The Bertz CT molecular complexity index is 997. The average Bonchev–Trinajstić information content (AvgIpc) is 2.92. The van der Waals surface area contributed by atoms with Crippen LogP contribution in [0.5, 0.6) is 0 Å². The molecule has 0 spiro atoms. The van der Waals surface area contributed by atoms with Crippen LogP contribution in [-0.2, 0) is 9.59 Å². The van der Waals surface area contributed by atoms with Crippen LogP contribution in [0.4, 0.5) is 5.69 Å². The van der Waals surface area contributed by atoms with Crippen LogP contribution in [0, 0.1) is 24.2 Å². The minimum Gasteiger partial charge on any atom is -0.503 e. The summed E-state index contributed by atoms with van der Waals surface area (Å²) in [5, 5.41) is 19.6. The number of carbonyl (C=O) groups excluding carboxylic acids is 2. The highest BCUT2D eigenvalue weighted by Crippen LogP contribution is 2.41. The summed E-state index contributed by atoms with van der Waals surface area (Å²) in [4.78, 5) is 27.3. The molecule has 1 unspecified atom stereocenters. The van der Waals surface area contributed by atoms with Crippen LogP contribution in [-0.4, -0.2) is 16.8 Å². The number of amides is 1. The van der Waals surface area contributed by atoms with E-state index >= 15 is 0 Å². The summed E-state index contributed by atoms with van der Waals surface area (Å²) in [6.07, 6.45) is 0.246. The van der Waals surface area contributed by atoms with Gasteiger partial charge in [-0.3, -0.25) is 14.5 Å². The van der Waals surface area contributed by atoms with Gasteiger partial charge in [-0.15, -0.1) is 0 Å². The number of ketones is 1. The van der Waals surface area contributed by atoms with Gasteiger partial charge in [0, 0.05) is 12.1 Å². The van der Waals surface area contributed by atoms with Gasteiger partial charge < -0.3 is 5.11 Å². The molecule has 1 N–H and O–H groups in total. The van der Waals surface area contributed by atoms with E-state index in [9.17, 15) is 14.7 Å². The third-order valence-corrected chi connectivity index (χ3v) is 4.73. The maximum atomic E-state index is 12.9. The molecule has 0 saturated carbocycles. The number of rotatable bonds is 5. The Kier molecular flexibility index (Phi) is 5.32. The number of anilines is 1. The van der Waals surface area contributed by atoms with Crippen molar-refractivity contribution in [2.24, 2.45) is 5.92 Å². The number of carbonyl (C=O) groups is 2. The molecule has 0 radical (unpaired) electrons. The van der Waals surface area contributed by atoms with Crippen molar-refractivity contribution in [1.82, 2.24) is 0 Å². The molecule has 3 rings (SSSR count). The second-order valence-corrected chi connectivity index (χ2v) is 7.43. The van der Waals surface area contributed by atoms with E-state index in [1.807, 2.05) is 51.1 Å². The number of nitriles is 1. The van der Waals surface area contributed by atoms with Gasteiger partial charge in [-0.2, -0.15) is 5.26 Å². The molecule has 2 aromatic carbocycles. The first-order chi connectivity index (χ1) is 13.3. The monoisotopic (exact) mass is 374 g/mol. The largest absolute Gasteiger partial charge is 0.503 e. The summed E-state index contributed by atoms with van der Waals surface area (Å²) >= 11 is 0. The molecular formula is C23H22N2O3. The Balaban J connectivity index is 2.14. The molecule has 1 heterocycles. The molecule has 0 saturated heterocycles. The van der Waals surface area contributed by atoms with Crippen LogP contribution in [0.2, 0.25) is 0 Å². The molecule has 1 aliphatic rings. The zero-order chi connectivity index (χ0) is 20.4. The fraction of sp³-hybridized carbons (Fsp3) is 0.261. The van der Waals surface area contributed by atoms with Crippen LogP contribution >= 0.6 is 0 Å². The van der Waals surface area contributed by atoms with Crippen molar-refractivity contribution in [2.45, 2.75) is 33.2 Å². The number of hydrogen-bond acceptors (Lipinski definition) is 4. The predicted octanol–water partition coefficient (Wildman–Crippen LogP) is 4.38. The SMILES string of the molecule is Cc1cccc(C2C(C(=O)CC(C)C)=C(O)C(=O)N2c2ccc(C#N)cc2)c1. The molecule has 5 nitrogen and oxygen atoms in total. The number of aliphatic hydroxyl groups is 1. The first-order valence-electron chi connectivity index (χ1n) is 9.20. The van der Waals surface area contributed by atoms with Crippen molar-refractivity contribution >= 4 is 17.4 Å². The van der Waals surface area contributed by atoms with Crippen LogP contribution in [0.15, 0.2) is 59.9 Å². The Morgan fingerprint density at radius 3 is 2.46 bits per heavy atom. The van der Waals surface area contributed by atoms with Gasteiger partial charge in [0.25, 0.3) is 5.91 Å². The topological polar surface area (TPSA) is 81.4 Å². The van der Waals surface area contributed by atoms with Crippen molar-refractivity contribution in [3.05, 3.63) is 76.6 Å². The first kappa shape index (κ1) is 19.4. The minimum atomic E-state index is -0.702. The van der Waals surface area contributed by atoms with E-state index < -0.39 is 17.7 Å². The van der Waals surface area contributed by atoms with Crippen LogP contribution < -0.4 is 4.90 Å². The molecule has 0 aliphatic carbocycles. The Morgan fingerprint density at radius 2 is 1.89 bits per heavy atom. The summed E-state index contributed by atoms with van der Waals surface area (Å²) in [5.74, 6) is -1.24. The number of benzene rings is 2. The van der Waals surface area contributed by atoms with Crippen molar-refractivity contribution in [3.8, 4) is 6.07 Å². The molecule has 1 aliphatic heterocycles. The molecule has 0 aromatic heterocycles. The predicted molar refractivity (Wildman–Crippen MR) is 107 cm³/mol. The lowest BCUT2D eigenvalue weighted by atomic mass is 9.91. The average molecular weight is 374 g/mol. The second-order valence-electron chi connectivity index (χ2n) is 7.43. The van der Waals surface area contributed by atoms with Crippen molar-refractivity contribution < 1.29 is 14.7 Å². The molecule has 5 heteroatoms. The molecule has 1 amide bonds. The highest BCUT2D eigenvalue weighted by molar-refractivity contribution is 6.16. The van der Waals surface area contributed by atoms with Gasteiger partial charge in [-0.05, 0) is 42.7 Å². The third kappa shape index (κ3) is 3.54. The molecule has 0 bridgehead atoms. The number of nitrogens with zero attached hydrogens (tertiary/aromatic N) is 2. The fourth-order valence-corrected chi connectivity index (χ4v) is 3.49. The molecule has 28 heavy (non-hydrogen) atoms. The van der Waals surface area contributed by atoms with E-state index in [-0.39, 0.29) is 23.7 Å². The Morgan fingerprint density at radius 1 is 1.21 bits per heavy atom. The van der Waals surface area contributed by atoms with Gasteiger partial charge in [-0.25, -0.2) is 0 Å². The van der Waals surface area contributed by atoms with Crippen molar-refractivity contribution in [1.29, 1.82) is 5.26 Å². The first-order valence-corrected chi connectivity index (χ1v) is 9.20. The normalized spacial score (nSPS) is 16.6. The van der Waals surface area contributed by atoms with E-state index in [4.69, 9.17) is 5.26 Å². The van der Waals surface area contributed by atoms with Crippen LogP contribution in [0.1, 0.15) is 43.0 Å². The molecular weight excluding hydrogens is 352 g/mol. The standard InChI is InChI=1S/C23H22N2O3/c1-14(2)11-19(26)20-21(17-6-4-5-15(3)12-17)25(23(28)22(20)27)18-9-7-16(13-24)8-10-18/h4-10,12,14,21,27H,11H2,1-3H3. The van der Waals surface area contributed by atoms with Crippen molar-refractivity contribution in [3.63, 3.8) is 0 Å². The quantitative estimate of drug-likeness (QED) is 0.842.